The van der Waals surface area contributed by atoms with E-state index in [1.54, 1.807) is 11.8 Å². The molecule has 1 aromatic carbocycles. The third-order valence-corrected chi connectivity index (χ3v) is 8.36. The number of fused-ring (bicyclic) bond motifs is 5. The molecule has 1 aliphatic heterocycles. The van der Waals surface area contributed by atoms with E-state index in [1.165, 1.54) is 45.2 Å². The van der Waals surface area contributed by atoms with Crippen LogP contribution in [0.5, 0.6) is 0 Å². The summed E-state index contributed by atoms with van der Waals surface area (Å²) >= 11 is 3.67. The number of thiophene rings is 1. The summed E-state index contributed by atoms with van der Waals surface area (Å²) in [5, 5.41) is 4.47. The van der Waals surface area contributed by atoms with Gasteiger partial charge in [-0.1, -0.05) is 12.1 Å². The lowest BCUT2D eigenvalue weighted by Gasteiger charge is -2.32. The molecule has 1 atom stereocenters. The van der Waals surface area contributed by atoms with E-state index in [2.05, 4.69) is 58.7 Å². The fraction of sp³-hybridized carbons (Fsp3) is 0.400. The van der Waals surface area contributed by atoms with Crippen LogP contribution in [0, 0.1) is 0 Å². The van der Waals surface area contributed by atoms with E-state index >= 15 is 0 Å². The molecule has 0 fully saturated rings. The first kappa shape index (κ1) is 20.7. The number of carbonyl (C=O) groups is 1. The normalized spacial score (nSPS) is 17.7. The number of urea groups is 1. The predicted molar refractivity (Wildman–Crippen MR) is 130 cm³/mol. The summed E-state index contributed by atoms with van der Waals surface area (Å²) in [5.41, 5.74) is 5.15. The third-order valence-electron chi connectivity index (χ3n) is 6.28. The SMILES string of the molecule is CSc1ccc(C2c3cccn3-c3sc4c(c3CN2C(=O)NC(C)C)CCCC4)cc1. The number of carbonyl (C=O) groups excluding carboxylic acids is 1. The highest BCUT2D eigenvalue weighted by atomic mass is 32.2. The Labute approximate surface area is 192 Å². The summed E-state index contributed by atoms with van der Waals surface area (Å²) in [6.07, 6.45) is 9.07. The van der Waals surface area contributed by atoms with Gasteiger partial charge < -0.3 is 14.8 Å². The lowest BCUT2D eigenvalue weighted by atomic mass is 9.95. The quantitative estimate of drug-likeness (QED) is 0.484. The minimum Gasteiger partial charge on any atom is -0.336 e. The highest BCUT2D eigenvalue weighted by Crippen LogP contribution is 2.44. The Morgan fingerprint density at radius 2 is 1.90 bits per heavy atom. The Hall–Kier alpha value is -2.18. The maximum absolute atomic E-state index is 13.5. The van der Waals surface area contributed by atoms with Crippen LogP contribution in [0.15, 0.2) is 47.5 Å². The Balaban J connectivity index is 1.68. The molecule has 1 unspecified atom stereocenters. The van der Waals surface area contributed by atoms with Crippen LogP contribution in [0.1, 0.15) is 60.0 Å². The van der Waals surface area contributed by atoms with Gasteiger partial charge in [0.05, 0.1) is 18.3 Å². The average molecular weight is 452 g/mol. The van der Waals surface area contributed by atoms with Gasteiger partial charge >= 0.3 is 6.03 Å². The highest BCUT2D eigenvalue weighted by molar-refractivity contribution is 7.98. The number of hydrogen-bond donors (Lipinski definition) is 1. The molecule has 31 heavy (non-hydrogen) atoms. The zero-order valence-corrected chi connectivity index (χ0v) is 20.0. The van der Waals surface area contributed by atoms with Gasteiger partial charge in [0, 0.05) is 27.6 Å². The molecule has 3 heterocycles. The van der Waals surface area contributed by atoms with Gasteiger partial charge in [-0.3, -0.25) is 0 Å². The molecule has 1 N–H and O–H groups in total. The maximum atomic E-state index is 13.5. The van der Waals surface area contributed by atoms with Crippen LogP contribution in [0.4, 0.5) is 4.79 Å². The number of nitrogens with zero attached hydrogens (tertiary/aromatic N) is 2. The molecule has 2 aromatic heterocycles. The fourth-order valence-electron chi connectivity index (χ4n) is 4.85. The molecule has 6 heteroatoms. The van der Waals surface area contributed by atoms with Gasteiger partial charge in [-0.25, -0.2) is 4.79 Å². The molecule has 3 aromatic rings. The van der Waals surface area contributed by atoms with E-state index in [0.717, 1.165) is 17.7 Å². The number of amides is 2. The standard InChI is InChI=1S/C25H29N3OS2/c1-16(2)26-25(29)28-15-20-19-7-4-5-9-22(19)31-24(20)27-14-6-8-21(27)23(28)17-10-12-18(30-3)13-11-17/h6,8,10-14,16,23H,4-5,7,9,15H2,1-3H3,(H,26,29). The van der Waals surface area contributed by atoms with E-state index < -0.39 is 0 Å². The van der Waals surface area contributed by atoms with Crippen molar-refractivity contribution in [1.82, 2.24) is 14.8 Å². The largest absolute Gasteiger partial charge is 0.336 e. The van der Waals surface area contributed by atoms with Gasteiger partial charge in [-0.05, 0) is 81.2 Å². The van der Waals surface area contributed by atoms with Crippen LogP contribution < -0.4 is 5.32 Å². The van der Waals surface area contributed by atoms with E-state index in [1.807, 2.05) is 30.1 Å². The van der Waals surface area contributed by atoms with Gasteiger partial charge in [0.15, 0.2) is 0 Å². The molecule has 162 valence electrons. The first-order chi connectivity index (χ1) is 15.1. The van der Waals surface area contributed by atoms with Crippen molar-refractivity contribution >= 4 is 29.1 Å². The lowest BCUT2D eigenvalue weighted by molar-refractivity contribution is 0.178. The summed E-state index contributed by atoms with van der Waals surface area (Å²) in [7, 11) is 0. The number of aryl methyl sites for hydroxylation is 1. The zero-order valence-electron chi connectivity index (χ0n) is 18.4. The van der Waals surface area contributed by atoms with Gasteiger partial charge in [0.25, 0.3) is 0 Å². The first-order valence-electron chi connectivity index (χ1n) is 11.1. The Morgan fingerprint density at radius 1 is 1.13 bits per heavy atom. The minimum absolute atomic E-state index is 0.00491. The van der Waals surface area contributed by atoms with Crippen LogP contribution >= 0.6 is 23.1 Å². The van der Waals surface area contributed by atoms with Gasteiger partial charge in [-0.15, -0.1) is 23.1 Å². The zero-order chi connectivity index (χ0) is 21.5. The molecule has 2 amide bonds. The average Bonchev–Trinajstić information content (AvgIpc) is 3.35. The van der Waals surface area contributed by atoms with Crippen LogP contribution in [0.2, 0.25) is 0 Å². The topological polar surface area (TPSA) is 37.3 Å². The van der Waals surface area contributed by atoms with Crippen LogP contribution in [-0.2, 0) is 19.4 Å². The molecular formula is C25H29N3OS2. The number of aromatic nitrogens is 1. The van der Waals surface area contributed by atoms with Gasteiger partial charge in [-0.2, -0.15) is 0 Å². The summed E-state index contributed by atoms with van der Waals surface area (Å²) in [6.45, 7) is 4.70. The number of nitrogens with one attached hydrogen (secondary N) is 1. The van der Waals surface area contributed by atoms with Crippen molar-refractivity contribution in [3.63, 3.8) is 0 Å². The Bertz CT molecular complexity index is 1100. The van der Waals surface area contributed by atoms with Gasteiger partial charge in [0.1, 0.15) is 5.00 Å². The van der Waals surface area contributed by atoms with Crippen LogP contribution in [0.25, 0.3) is 5.00 Å². The molecule has 2 aliphatic rings. The lowest BCUT2D eigenvalue weighted by Crippen LogP contribution is -2.44. The Kier molecular flexibility index (Phi) is 5.61. The monoisotopic (exact) mass is 451 g/mol. The van der Waals surface area contributed by atoms with Crippen molar-refractivity contribution in [2.45, 2.75) is 63.1 Å². The predicted octanol–water partition coefficient (Wildman–Crippen LogP) is 6.16. The second-order valence-corrected chi connectivity index (χ2v) is 10.7. The van der Waals surface area contributed by atoms with E-state index in [0.29, 0.717) is 6.54 Å². The molecule has 0 radical (unpaired) electrons. The summed E-state index contributed by atoms with van der Waals surface area (Å²) < 4.78 is 2.34. The first-order valence-corrected chi connectivity index (χ1v) is 13.1. The van der Waals surface area contributed by atoms with E-state index in [4.69, 9.17) is 0 Å². The number of thioether (sulfide) groups is 1. The van der Waals surface area contributed by atoms with Crippen molar-refractivity contribution in [2.75, 3.05) is 6.26 Å². The second kappa shape index (κ2) is 8.40. The third kappa shape index (κ3) is 3.70. The fourth-order valence-corrected chi connectivity index (χ4v) is 6.67. The number of rotatable bonds is 3. The molecule has 1 aliphatic carbocycles. The second-order valence-electron chi connectivity index (χ2n) is 8.71. The number of benzene rings is 1. The summed E-state index contributed by atoms with van der Waals surface area (Å²) in [5.74, 6) is 0. The van der Waals surface area contributed by atoms with Crippen molar-refractivity contribution in [2.24, 2.45) is 0 Å². The van der Waals surface area contributed by atoms with E-state index in [-0.39, 0.29) is 18.1 Å². The van der Waals surface area contributed by atoms with Crippen LogP contribution in [-0.4, -0.2) is 27.8 Å². The van der Waals surface area contributed by atoms with Crippen molar-refractivity contribution in [3.8, 4) is 5.00 Å². The van der Waals surface area contributed by atoms with Gasteiger partial charge in [0.2, 0.25) is 0 Å². The smallest absolute Gasteiger partial charge is 0.318 e. The van der Waals surface area contributed by atoms with Crippen LogP contribution in [0.3, 0.4) is 0 Å². The minimum atomic E-state index is -0.122. The number of hydrogen-bond acceptors (Lipinski definition) is 3. The molecule has 4 nitrogen and oxygen atoms in total. The molecular weight excluding hydrogens is 422 g/mol. The maximum Gasteiger partial charge on any atom is 0.318 e. The summed E-state index contributed by atoms with van der Waals surface area (Å²) in [4.78, 5) is 18.3. The van der Waals surface area contributed by atoms with Crippen molar-refractivity contribution in [1.29, 1.82) is 0 Å². The molecule has 5 rings (SSSR count). The molecule has 0 bridgehead atoms. The molecule has 0 saturated carbocycles. The molecule has 0 saturated heterocycles. The highest BCUT2D eigenvalue weighted by Gasteiger charge is 2.36. The van der Waals surface area contributed by atoms with Crippen molar-refractivity contribution < 1.29 is 4.79 Å². The van der Waals surface area contributed by atoms with E-state index in [9.17, 15) is 4.79 Å². The van der Waals surface area contributed by atoms with Crippen molar-refractivity contribution in [3.05, 3.63) is 69.9 Å². The molecule has 0 spiro atoms. The summed E-state index contributed by atoms with van der Waals surface area (Å²) in [6, 6.07) is 13.0. The Morgan fingerprint density at radius 3 is 2.65 bits per heavy atom.